The molecule has 5 heteroatoms. The van der Waals surface area contributed by atoms with Crippen molar-refractivity contribution in [1.82, 2.24) is 10.2 Å². The third kappa shape index (κ3) is 5.16. The van der Waals surface area contributed by atoms with Gasteiger partial charge in [-0.3, -0.25) is 4.90 Å². The molecule has 2 heterocycles. The van der Waals surface area contributed by atoms with Crippen LogP contribution in [-0.2, 0) is 11.3 Å². The highest BCUT2D eigenvalue weighted by Gasteiger charge is 2.18. The summed E-state index contributed by atoms with van der Waals surface area (Å²) in [6, 6.07) is 2.14. The topological polar surface area (TPSA) is 24.5 Å². The maximum absolute atomic E-state index is 5.25. The number of ether oxygens (including phenoxy) is 1. The fraction of sp³-hybridized carbons (Fsp3) is 0.714. The van der Waals surface area contributed by atoms with Crippen LogP contribution in [0.15, 0.2) is 15.9 Å². The summed E-state index contributed by atoms with van der Waals surface area (Å²) >= 11 is 5.46. The van der Waals surface area contributed by atoms with Crippen LogP contribution in [0.2, 0.25) is 0 Å². The number of halogens is 1. The minimum atomic E-state index is 0.782. The lowest BCUT2D eigenvalue weighted by atomic mass is 9.99. The van der Waals surface area contributed by atoms with Gasteiger partial charge in [-0.25, -0.2) is 0 Å². The third-order valence-electron chi connectivity index (χ3n) is 3.59. The first-order valence-electron chi connectivity index (χ1n) is 6.93. The second-order valence-electron chi connectivity index (χ2n) is 5.13. The highest BCUT2D eigenvalue weighted by molar-refractivity contribution is 9.10. The summed E-state index contributed by atoms with van der Waals surface area (Å²) in [7, 11) is 1.78. The standard InChI is InChI=1S/C14H23BrN2OS/c1-18-7-6-17(10-12-3-2-5-16-9-12)11-14-13(15)4-8-19-14/h4,8,12,16H,2-3,5-7,9-11H2,1H3. The van der Waals surface area contributed by atoms with Gasteiger partial charge in [0.1, 0.15) is 0 Å². The van der Waals surface area contributed by atoms with E-state index in [1.54, 1.807) is 7.11 Å². The van der Waals surface area contributed by atoms with Gasteiger partial charge >= 0.3 is 0 Å². The van der Waals surface area contributed by atoms with Crippen LogP contribution in [0.25, 0.3) is 0 Å². The Bertz CT molecular complexity index is 366. The molecule has 0 spiro atoms. The summed E-state index contributed by atoms with van der Waals surface area (Å²) in [5, 5.41) is 5.65. The van der Waals surface area contributed by atoms with Crippen LogP contribution in [0.1, 0.15) is 17.7 Å². The van der Waals surface area contributed by atoms with Crippen LogP contribution < -0.4 is 5.32 Å². The quantitative estimate of drug-likeness (QED) is 0.821. The second kappa shape index (κ2) is 8.37. The average Bonchev–Trinajstić information content (AvgIpc) is 2.83. The van der Waals surface area contributed by atoms with Gasteiger partial charge in [0.2, 0.25) is 0 Å². The Morgan fingerprint density at radius 2 is 2.47 bits per heavy atom. The van der Waals surface area contributed by atoms with Crippen molar-refractivity contribution in [3.8, 4) is 0 Å². The molecular weight excluding hydrogens is 324 g/mol. The largest absolute Gasteiger partial charge is 0.383 e. The number of hydrogen-bond donors (Lipinski definition) is 1. The van der Waals surface area contributed by atoms with Gasteiger partial charge in [0.15, 0.2) is 0 Å². The van der Waals surface area contributed by atoms with Gasteiger partial charge in [0, 0.05) is 36.1 Å². The molecule has 0 aliphatic carbocycles. The van der Waals surface area contributed by atoms with Crippen molar-refractivity contribution >= 4 is 27.3 Å². The molecular formula is C14H23BrN2OS. The van der Waals surface area contributed by atoms with Crippen LogP contribution in [0.3, 0.4) is 0 Å². The van der Waals surface area contributed by atoms with E-state index in [9.17, 15) is 0 Å². The van der Waals surface area contributed by atoms with Crippen molar-refractivity contribution in [2.75, 3.05) is 39.9 Å². The van der Waals surface area contributed by atoms with Crippen LogP contribution in [0.4, 0.5) is 0 Å². The zero-order chi connectivity index (χ0) is 13.5. The summed E-state index contributed by atoms with van der Waals surface area (Å²) in [5.41, 5.74) is 0. The van der Waals surface area contributed by atoms with E-state index < -0.39 is 0 Å². The molecule has 1 unspecified atom stereocenters. The number of hydrogen-bond acceptors (Lipinski definition) is 4. The summed E-state index contributed by atoms with van der Waals surface area (Å²) in [4.78, 5) is 3.94. The maximum Gasteiger partial charge on any atom is 0.0589 e. The summed E-state index contributed by atoms with van der Waals surface area (Å²) in [6.45, 7) is 6.36. The smallest absolute Gasteiger partial charge is 0.0589 e. The monoisotopic (exact) mass is 346 g/mol. The van der Waals surface area contributed by atoms with Gasteiger partial charge in [-0.05, 0) is 59.2 Å². The van der Waals surface area contributed by atoms with Gasteiger partial charge in [-0.2, -0.15) is 0 Å². The number of piperidine rings is 1. The molecule has 1 aliphatic heterocycles. The van der Waals surface area contributed by atoms with Crippen molar-refractivity contribution in [2.24, 2.45) is 5.92 Å². The minimum Gasteiger partial charge on any atom is -0.383 e. The molecule has 19 heavy (non-hydrogen) atoms. The zero-order valence-corrected chi connectivity index (χ0v) is 13.9. The van der Waals surface area contributed by atoms with Crippen LogP contribution in [0, 0.1) is 5.92 Å². The Morgan fingerprint density at radius 3 is 3.11 bits per heavy atom. The second-order valence-corrected chi connectivity index (χ2v) is 6.99. The average molecular weight is 347 g/mol. The van der Waals surface area contributed by atoms with E-state index in [0.29, 0.717) is 0 Å². The minimum absolute atomic E-state index is 0.782. The fourth-order valence-electron chi connectivity index (χ4n) is 2.54. The molecule has 0 radical (unpaired) electrons. The van der Waals surface area contributed by atoms with Gasteiger partial charge in [-0.15, -0.1) is 11.3 Å². The molecule has 1 saturated heterocycles. The molecule has 108 valence electrons. The molecule has 1 fully saturated rings. The first kappa shape index (κ1) is 15.4. The van der Waals surface area contributed by atoms with Gasteiger partial charge in [0.05, 0.1) is 6.61 Å². The molecule has 1 aliphatic rings. The summed E-state index contributed by atoms with van der Waals surface area (Å²) in [5.74, 6) is 0.782. The molecule has 1 aromatic rings. The molecule has 0 saturated carbocycles. The van der Waals surface area contributed by atoms with E-state index in [1.807, 2.05) is 11.3 Å². The van der Waals surface area contributed by atoms with Crippen molar-refractivity contribution in [3.05, 3.63) is 20.8 Å². The van der Waals surface area contributed by atoms with Crippen molar-refractivity contribution in [3.63, 3.8) is 0 Å². The highest BCUT2D eigenvalue weighted by Crippen LogP contribution is 2.25. The first-order chi connectivity index (χ1) is 9.29. The van der Waals surface area contributed by atoms with Crippen LogP contribution >= 0.6 is 27.3 Å². The van der Waals surface area contributed by atoms with Crippen molar-refractivity contribution < 1.29 is 4.74 Å². The molecule has 3 nitrogen and oxygen atoms in total. The molecule has 1 atom stereocenters. The molecule has 0 bridgehead atoms. The Kier molecular flexibility index (Phi) is 6.81. The van der Waals surface area contributed by atoms with Crippen LogP contribution in [-0.4, -0.2) is 44.8 Å². The van der Waals surface area contributed by atoms with E-state index in [1.165, 1.54) is 35.3 Å². The van der Waals surface area contributed by atoms with E-state index >= 15 is 0 Å². The number of nitrogens with one attached hydrogen (secondary N) is 1. The summed E-state index contributed by atoms with van der Waals surface area (Å²) < 4.78 is 6.48. The van der Waals surface area contributed by atoms with E-state index in [-0.39, 0.29) is 0 Å². The lowest BCUT2D eigenvalue weighted by molar-refractivity contribution is 0.127. The predicted molar refractivity (Wildman–Crippen MR) is 84.8 cm³/mol. The lowest BCUT2D eigenvalue weighted by Gasteiger charge is -2.29. The third-order valence-corrected chi connectivity index (χ3v) is 5.50. The van der Waals surface area contributed by atoms with Gasteiger partial charge in [-0.1, -0.05) is 0 Å². The predicted octanol–water partition coefficient (Wildman–Crippen LogP) is 2.96. The Labute approximate surface area is 128 Å². The maximum atomic E-state index is 5.25. The zero-order valence-electron chi connectivity index (χ0n) is 11.5. The lowest BCUT2D eigenvalue weighted by Crippen LogP contribution is -2.39. The number of thiophene rings is 1. The Hall–Kier alpha value is 0.0600. The van der Waals surface area contributed by atoms with Gasteiger partial charge < -0.3 is 10.1 Å². The molecule has 0 amide bonds. The molecule has 2 rings (SSSR count). The van der Waals surface area contributed by atoms with Crippen LogP contribution in [0.5, 0.6) is 0 Å². The summed E-state index contributed by atoms with van der Waals surface area (Å²) in [6.07, 6.45) is 2.66. The Balaban J connectivity index is 1.88. The number of rotatable bonds is 7. The molecule has 1 N–H and O–H groups in total. The Morgan fingerprint density at radius 1 is 1.58 bits per heavy atom. The molecule has 0 aromatic carbocycles. The molecule has 1 aromatic heterocycles. The van der Waals surface area contributed by atoms with Gasteiger partial charge in [0.25, 0.3) is 0 Å². The van der Waals surface area contributed by atoms with Crippen molar-refractivity contribution in [1.29, 1.82) is 0 Å². The fourth-order valence-corrected chi connectivity index (χ4v) is 4.06. The number of methoxy groups -OCH3 is 1. The highest BCUT2D eigenvalue weighted by atomic mass is 79.9. The van der Waals surface area contributed by atoms with E-state index in [2.05, 4.69) is 37.6 Å². The van der Waals surface area contributed by atoms with Crippen molar-refractivity contribution in [2.45, 2.75) is 19.4 Å². The van der Waals surface area contributed by atoms with E-state index in [4.69, 9.17) is 4.74 Å². The van der Waals surface area contributed by atoms with E-state index in [0.717, 1.165) is 32.2 Å². The first-order valence-corrected chi connectivity index (χ1v) is 8.60. The SMILES string of the molecule is COCCN(Cc1sccc1Br)CC1CCCNC1. The normalized spacial score (nSPS) is 20.1. The number of nitrogens with zero attached hydrogens (tertiary/aromatic N) is 1.